The van der Waals surface area contributed by atoms with Gasteiger partial charge >= 0.3 is 12.1 Å². The molecule has 0 aromatic rings. The third-order valence-electron chi connectivity index (χ3n) is 4.37. The molecular weight excluding hydrogens is 426 g/mol. The third kappa shape index (κ3) is 16.0. The van der Waals surface area contributed by atoms with Crippen molar-refractivity contribution in [1.29, 1.82) is 0 Å². The van der Waals surface area contributed by atoms with Crippen LogP contribution < -0.4 is 16.4 Å². The predicted octanol–water partition coefficient (Wildman–Crippen LogP) is 3.56. The summed E-state index contributed by atoms with van der Waals surface area (Å²) in [4.78, 5) is 35.5. The number of carbonyl (C=O) groups excluding carboxylic acids is 3. The average Bonchev–Trinajstić information content (AvgIpc) is 2.65. The smallest absolute Gasteiger partial charge is 0.407 e. The van der Waals surface area contributed by atoms with Gasteiger partial charge in [-0.25, -0.2) is 4.79 Å². The Labute approximate surface area is 199 Å². The molecule has 0 rings (SSSR count). The van der Waals surface area contributed by atoms with Gasteiger partial charge in [0.25, 0.3) is 0 Å². The Hall–Kier alpha value is -2.29. The molecule has 0 aliphatic heterocycles. The van der Waals surface area contributed by atoms with E-state index in [0.717, 1.165) is 17.8 Å². The lowest BCUT2D eigenvalue weighted by Crippen LogP contribution is -2.42. The number of primary amides is 1. The predicted molar refractivity (Wildman–Crippen MR) is 128 cm³/mol. The van der Waals surface area contributed by atoms with Gasteiger partial charge in [0.05, 0.1) is 18.4 Å². The molecule has 0 aliphatic rings. The second-order valence-electron chi connectivity index (χ2n) is 9.83. The fourth-order valence-corrected chi connectivity index (χ4v) is 2.89. The van der Waals surface area contributed by atoms with E-state index in [0.29, 0.717) is 32.5 Å². The Kier molecular flexibility index (Phi) is 13.8. The van der Waals surface area contributed by atoms with Crippen molar-refractivity contribution in [3.8, 4) is 0 Å². The monoisotopic (exact) mass is 471 g/mol. The summed E-state index contributed by atoms with van der Waals surface area (Å²) in [6.07, 6.45) is 1.99. The molecular formula is C24H45N3O6. The van der Waals surface area contributed by atoms with Gasteiger partial charge in [-0.2, -0.15) is 0 Å². The fraction of sp³-hybridized carbons (Fsp3) is 0.792. The number of amides is 2. The van der Waals surface area contributed by atoms with E-state index in [4.69, 9.17) is 19.9 Å². The third-order valence-corrected chi connectivity index (χ3v) is 4.37. The number of alkyl carbamates (subject to hydrolysis) is 1. The van der Waals surface area contributed by atoms with Crippen molar-refractivity contribution >= 4 is 18.0 Å². The zero-order valence-electron chi connectivity index (χ0n) is 21.8. The molecule has 0 radical (unpaired) electrons. The maximum Gasteiger partial charge on any atom is 0.407 e. The topological polar surface area (TPSA) is 129 Å². The lowest BCUT2D eigenvalue weighted by Gasteiger charge is -2.21. The van der Waals surface area contributed by atoms with Crippen LogP contribution in [-0.4, -0.2) is 54.9 Å². The second kappa shape index (κ2) is 14.8. The van der Waals surface area contributed by atoms with Crippen LogP contribution in [0.1, 0.15) is 87.5 Å². The van der Waals surface area contributed by atoms with E-state index < -0.39 is 29.2 Å². The fourth-order valence-electron chi connectivity index (χ4n) is 2.89. The van der Waals surface area contributed by atoms with Crippen molar-refractivity contribution in [3.63, 3.8) is 0 Å². The minimum absolute atomic E-state index is 0.102. The molecule has 9 heteroatoms. The Balaban J connectivity index is 4.66. The number of hydrogen-bond acceptors (Lipinski definition) is 7. The van der Waals surface area contributed by atoms with Gasteiger partial charge in [-0.3, -0.25) is 9.59 Å². The molecule has 0 unspecified atom stereocenters. The molecule has 0 aromatic heterocycles. The first-order valence-electron chi connectivity index (χ1n) is 11.7. The zero-order valence-corrected chi connectivity index (χ0v) is 21.8. The Bertz CT molecular complexity index is 662. The molecule has 0 bridgehead atoms. The summed E-state index contributed by atoms with van der Waals surface area (Å²) in [5, 5.41) is 5.85. The number of hydrogen-bond donors (Lipinski definition) is 3. The highest BCUT2D eigenvalue weighted by Gasteiger charge is 2.21. The molecule has 0 aromatic carbocycles. The number of nitrogens with two attached hydrogens (primary N) is 1. The molecule has 2 amide bonds. The van der Waals surface area contributed by atoms with E-state index in [-0.39, 0.29) is 18.8 Å². The van der Waals surface area contributed by atoms with Crippen LogP contribution in [0.15, 0.2) is 11.3 Å². The largest absolute Gasteiger partial charge is 0.498 e. The number of nitrogens with one attached hydrogen (secondary N) is 2. The van der Waals surface area contributed by atoms with Gasteiger partial charge in [0.15, 0.2) is 0 Å². The van der Waals surface area contributed by atoms with Crippen molar-refractivity contribution in [1.82, 2.24) is 10.6 Å². The van der Waals surface area contributed by atoms with Crippen molar-refractivity contribution in [3.05, 3.63) is 11.3 Å². The summed E-state index contributed by atoms with van der Waals surface area (Å²) >= 11 is 0. The Morgan fingerprint density at radius 3 is 2.03 bits per heavy atom. The molecule has 0 spiro atoms. The molecule has 1 atom stereocenters. The van der Waals surface area contributed by atoms with E-state index >= 15 is 0 Å². The van der Waals surface area contributed by atoms with Crippen molar-refractivity contribution in [2.75, 3.05) is 19.7 Å². The Morgan fingerprint density at radius 1 is 0.939 bits per heavy atom. The van der Waals surface area contributed by atoms with Crippen molar-refractivity contribution in [2.45, 2.75) is 105 Å². The SMILES string of the molecule is CC/C(CN[C@@H](CCC(=O)OC(C)(C)C)C(N)=O)=C(\CC)OCCCNC(=O)OC(C)(C)C. The summed E-state index contributed by atoms with van der Waals surface area (Å²) in [7, 11) is 0. The van der Waals surface area contributed by atoms with Crippen LogP contribution in [0.5, 0.6) is 0 Å². The highest BCUT2D eigenvalue weighted by atomic mass is 16.6. The van der Waals surface area contributed by atoms with Gasteiger partial charge < -0.3 is 30.6 Å². The zero-order chi connectivity index (χ0) is 25.7. The normalized spacial score (nSPS) is 13.6. The van der Waals surface area contributed by atoms with Gasteiger partial charge in [0, 0.05) is 25.9 Å². The van der Waals surface area contributed by atoms with Crippen LogP contribution in [0.3, 0.4) is 0 Å². The highest BCUT2D eigenvalue weighted by Crippen LogP contribution is 2.15. The standard InChI is InChI=1S/C24H45N3O6/c1-9-17(16-27-18(21(25)29)12-13-20(28)32-23(3,4)5)19(10-2)31-15-11-14-26-22(30)33-24(6,7)8/h18,27H,9-16H2,1-8H3,(H2,25,29)(H,26,30)/b19-17-/t18-/m0/s1. The van der Waals surface area contributed by atoms with Crippen LogP contribution in [0, 0.1) is 0 Å². The number of rotatable bonds is 14. The van der Waals surface area contributed by atoms with E-state index in [9.17, 15) is 14.4 Å². The van der Waals surface area contributed by atoms with Crippen LogP contribution in [0.4, 0.5) is 4.79 Å². The van der Waals surface area contributed by atoms with Gasteiger partial charge in [-0.1, -0.05) is 13.8 Å². The number of esters is 1. The number of allylic oxidation sites excluding steroid dienone is 1. The van der Waals surface area contributed by atoms with Crippen LogP contribution in [0.2, 0.25) is 0 Å². The minimum Gasteiger partial charge on any atom is -0.498 e. The van der Waals surface area contributed by atoms with E-state index in [2.05, 4.69) is 10.6 Å². The first kappa shape index (κ1) is 30.7. The summed E-state index contributed by atoms with van der Waals surface area (Å²) in [6.45, 7) is 16.2. The molecule has 0 saturated heterocycles. The molecule has 0 heterocycles. The maximum atomic E-state index is 12.0. The molecule has 4 N–H and O–H groups in total. The summed E-state index contributed by atoms with van der Waals surface area (Å²) in [6, 6.07) is -0.643. The van der Waals surface area contributed by atoms with Gasteiger partial charge in [-0.15, -0.1) is 0 Å². The molecule has 192 valence electrons. The summed E-state index contributed by atoms with van der Waals surface area (Å²) < 4.78 is 16.4. The first-order valence-corrected chi connectivity index (χ1v) is 11.7. The van der Waals surface area contributed by atoms with Gasteiger partial charge in [0.2, 0.25) is 5.91 Å². The average molecular weight is 472 g/mol. The second-order valence-corrected chi connectivity index (χ2v) is 9.83. The van der Waals surface area contributed by atoms with Gasteiger partial charge in [-0.05, 0) is 66.4 Å². The van der Waals surface area contributed by atoms with E-state index in [1.165, 1.54) is 0 Å². The lowest BCUT2D eigenvalue weighted by atomic mass is 10.1. The molecule has 0 fully saturated rings. The van der Waals surface area contributed by atoms with Gasteiger partial charge in [0.1, 0.15) is 11.2 Å². The van der Waals surface area contributed by atoms with Crippen LogP contribution in [-0.2, 0) is 23.8 Å². The van der Waals surface area contributed by atoms with Crippen molar-refractivity contribution < 1.29 is 28.6 Å². The van der Waals surface area contributed by atoms with E-state index in [1.54, 1.807) is 20.8 Å². The van der Waals surface area contributed by atoms with Crippen LogP contribution >= 0.6 is 0 Å². The summed E-state index contributed by atoms with van der Waals surface area (Å²) in [5.41, 5.74) is 5.45. The minimum atomic E-state index is -0.643. The number of carbonyl (C=O) groups is 3. The summed E-state index contributed by atoms with van der Waals surface area (Å²) in [5.74, 6) is -0.0294. The maximum absolute atomic E-state index is 12.0. The molecule has 0 saturated carbocycles. The quantitative estimate of drug-likeness (QED) is 0.201. The molecule has 0 aliphatic carbocycles. The number of ether oxygens (including phenoxy) is 3. The van der Waals surface area contributed by atoms with Crippen molar-refractivity contribution in [2.24, 2.45) is 5.73 Å². The molecule has 9 nitrogen and oxygen atoms in total. The molecule has 33 heavy (non-hydrogen) atoms. The lowest BCUT2D eigenvalue weighted by molar-refractivity contribution is -0.155. The first-order chi connectivity index (χ1) is 15.2. The van der Waals surface area contributed by atoms with E-state index in [1.807, 2.05) is 34.6 Å². The Morgan fingerprint density at radius 2 is 1.55 bits per heavy atom. The highest BCUT2D eigenvalue weighted by molar-refractivity contribution is 5.80. The van der Waals surface area contributed by atoms with Crippen LogP contribution in [0.25, 0.3) is 0 Å².